The highest BCUT2D eigenvalue weighted by molar-refractivity contribution is 9.10. The molecule has 0 atom stereocenters. The van der Waals surface area contributed by atoms with Crippen LogP contribution in [0.15, 0.2) is 71.6 Å². The predicted octanol–water partition coefficient (Wildman–Crippen LogP) is 4.78. The molecule has 0 unspecified atom stereocenters. The second-order valence-electron chi connectivity index (χ2n) is 4.28. The molecule has 0 spiro atoms. The highest BCUT2D eigenvalue weighted by atomic mass is 79.9. The van der Waals surface area contributed by atoms with Gasteiger partial charge in [-0.2, -0.15) is 0 Å². The van der Waals surface area contributed by atoms with E-state index in [1.807, 2.05) is 54.6 Å². The minimum Gasteiger partial charge on any atom is -0.457 e. The smallest absolute Gasteiger partial charge is 0.148 e. The van der Waals surface area contributed by atoms with Gasteiger partial charge in [0.15, 0.2) is 0 Å². The second-order valence-corrected chi connectivity index (χ2v) is 5.14. The van der Waals surface area contributed by atoms with E-state index in [1.54, 1.807) is 6.20 Å². The molecule has 0 aliphatic carbocycles. The van der Waals surface area contributed by atoms with Crippen LogP contribution in [-0.4, -0.2) is 9.97 Å². The van der Waals surface area contributed by atoms with Crippen LogP contribution in [0.3, 0.4) is 0 Å². The van der Waals surface area contributed by atoms with Crippen molar-refractivity contribution in [1.82, 2.24) is 9.97 Å². The van der Waals surface area contributed by atoms with Crippen molar-refractivity contribution in [3.63, 3.8) is 0 Å². The van der Waals surface area contributed by atoms with Gasteiger partial charge < -0.3 is 10.1 Å². The Balaban J connectivity index is 1.71. The molecule has 5 heteroatoms. The third kappa shape index (κ3) is 3.58. The maximum Gasteiger partial charge on any atom is 0.148 e. The van der Waals surface area contributed by atoms with Crippen molar-refractivity contribution < 1.29 is 4.74 Å². The van der Waals surface area contributed by atoms with Crippen LogP contribution in [-0.2, 0) is 0 Å². The highest BCUT2D eigenvalue weighted by Crippen LogP contribution is 2.25. The normalized spacial score (nSPS) is 10.1. The summed E-state index contributed by atoms with van der Waals surface area (Å²) in [6, 6.07) is 17.4. The van der Waals surface area contributed by atoms with Gasteiger partial charge in [0.05, 0.1) is 4.47 Å². The number of nitrogens with one attached hydrogen (secondary N) is 1. The maximum absolute atomic E-state index is 5.74. The third-order valence-corrected chi connectivity index (χ3v) is 3.34. The molecule has 0 aliphatic heterocycles. The first kappa shape index (κ1) is 13.6. The van der Waals surface area contributed by atoms with Crippen LogP contribution >= 0.6 is 15.9 Å². The minimum absolute atomic E-state index is 0.724. The van der Waals surface area contributed by atoms with Gasteiger partial charge in [0, 0.05) is 11.9 Å². The molecule has 3 rings (SSSR count). The van der Waals surface area contributed by atoms with Gasteiger partial charge in [-0.3, -0.25) is 0 Å². The molecule has 3 aromatic rings. The fourth-order valence-electron chi connectivity index (χ4n) is 1.77. The Morgan fingerprint density at radius 1 is 0.905 bits per heavy atom. The van der Waals surface area contributed by atoms with Crippen molar-refractivity contribution in [3.05, 3.63) is 71.6 Å². The molecular formula is C16H12BrN3O. The number of hydrogen-bond donors (Lipinski definition) is 1. The summed E-state index contributed by atoms with van der Waals surface area (Å²) in [5.74, 6) is 2.33. The lowest BCUT2D eigenvalue weighted by atomic mass is 10.3. The van der Waals surface area contributed by atoms with Crippen molar-refractivity contribution in [2.75, 3.05) is 5.32 Å². The van der Waals surface area contributed by atoms with Gasteiger partial charge in [0.25, 0.3) is 0 Å². The summed E-state index contributed by atoms with van der Waals surface area (Å²) in [7, 11) is 0. The van der Waals surface area contributed by atoms with Crippen LogP contribution in [0.5, 0.6) is 11.5 Å². The maximum atomic E-state index is 5.74. The van der Waals surface area contributed by atoms with Crippen LogP contribution in [0, 0.1) is 0 Å². The molecule has 0 amide bonds. The number of hydrogen-bond acceptors (Lipinski definition) is 4. The summed E-state index contributed by atoms with van der Waals surface area (Å²) in [6.45, 7) is 0. The Labute approximate surface area is 131 Å². The van der Waals surface area contributed by atoms with Gasteiger partial charge in [-0.25, -0.2) is 9.97 Å². The molecule has 0 bridgehead atoms. The zero-order valence-electron chi connectivity index (χ0n) is 11.0. The van der Waals surface area contributed by atoms with Crippen molar-refractivity contribution >= 4 is 27.4 Å². The number of rotatable bonds is 4. The standard InChI is InChI=1S/C16H12BrN3O/c17-15-10-18-11-19-16(15)20-12-6-8-14(9-7-12)21-13-4-2-1-3-5-13/h1-11H,(H,18,19,20). The van der Waals surface area contributed by atoms with Crippen LogP contribution in [0.2, 0.25) is 0 Å². The Bertz CT molecular complexity index is 717. The second kappa shape index (κ2) is 6.37. The molecule has 0 radical (unpaired) electrons. The number of nitrogens with zero attached hydrogens (tertiary/aromatic N) is 2. The van der Waals surface area contributed by atoms with Crippen LogP contribution in [0.1, 0.15) is 0 Å². The Kier molecular flexibility index (Phi) is 4.12. The zero-order valence-corrected chi connectivity index (χ0v) is 12.6. The average molecular weight is 342 g/mol. The first-order valence-corrected chi connectivity index (χ1v) is 7.16. The van der Waals surface area contributed by atoms with E-state index in [2.05, 4.69) is 31.2 Å². The quantitative estimate of drug-likeness (QED) is 0.742. The van der Waals surface area contributed by atoms with Gasteiger partial charge in [-0.1, -0.05) is 18.2 Å². The molecule has 21 heavy (non-hydrogen) atoms. The summed E-state index contributed by atoms with van der Waals surface area (Å²) >= 11 is 3.40. The van der Waals surface area contributed by atoms with Crippen LogP contribution < -0.4 is 10.1 Å². The molecule has 0 aliphatic rings. The molecule has 0 saturated heterocycles. The van der Waals surface area contributed by atoms with Gasteiger partial charge in [0.2, 0.25) is 0 Å². The summed E-state index contributed by atoms with van der Waals surface area (Å²) in [4.78, 5) is 8.09. The summed E-state index contributed by atoms with van der Waals surface area (Å²) in [5, 5.41) is 3.21. The number of para-hydroxylation sites is 1. The molecule has 1 aromatic heterocycles. The lowest BCUT2D eigenvalue weighted by molar-refractivity contribution is 0.483. The number of benzene rings is 2. The van der Waals surface area contributed by atoms with Gasteiger partial charge in [-0.05, 0) is 52.3 Å². The number of halogens is 1. The molecular weight excluding hydrogens is 330 g/mol. The fraction of sp³-hybridized carbons (Fsp3) is 0. The zero-order chi connectivity index (χ0) is 14.5. The highest BCUT2D eigenvalue weighted by Gasteiger charge is 2.02. The van der Waals surface area contributed by atoms with Crippen LogP contribution in [0.25, 0.3) is 0 Å². The van der Waals surface area contributed by atoms with Gasteiger partial charge in [-0.15, -0.1) is 0 Å². The molecule has 2 aromatic carbocycles. The van der Waals surface area contributed by atoms with E-state index in [1.165, 1.54) is 6.33 Å². The monoisotopic (exact) mass is 341 g/mol. The third-order valence-electron chi connectivity index (χ3n) is 2.76. The number of aromatic nitrogens is 2. The predicted molar refractivity (Wildman–Crippen MR) is 86.0 cm³/mol. The van der Waals surface area contributed by atoms with E-state index < -0.39 is 0 Å². The lowest BCUT2D eigenvalue weighted by Crippen LogP contribution is -1.95. The summed E-state index contributed by atoms with van der Waals surface area (Å²) < 4.78 is 6.56. The first-order chi connectivity index (χ1) is 10.3. The Hall–Kier alpha value is -2.40. The number of anilines is 2. The minimum atomic E-state index is 0.724. The van der Waals surface area contributed by atoms with Crippen molar-refractivity contribution in [2.45, 2.75) is 0 Å². The van der Waals surface area contributed by atoms with Crippen molar-refractivity contribution in [2.24, 2.45) is 0 Å². The number of ether oxygens (including phenoxy) is 1. The van der Waals surface area contributed by atoms with E-state index >= 15 is 0 Å². The van der Waals surface area contributed by atoms with Gasteiger partial charge in [0.1, 0.15) is 23.6 Å². The van der Waals surface area contributed by atoms with E-state index in [9.17, 15) is 0 Å². The summed E-state index contributed by atoms with van der Waals surface area (Å²) in [6.07, 6.45) is 3.20. The molecule has 0 fully saturated rings. The Morgan fingerprint density at radius 2 is 1.62 bits per heavy atom. The molecule has 0 saturated carbocycles. The fourth-order valence-corrected chi connectivity index (χ4v) is 2.09. The lowest BCUT2D eigenvalue weighted by Gasteiger charge is -2.09. The first-order valence-electron chi connectivity index (χ1n) is 6.37. The van der Waals surface area contributed by atoms with E-state index in [4.69, 9.17) is 4.74 Å². The van der Waals surface area contributed by atoms with E-state index in [0.29, 0.717) is 0 Å². The topological polar surface area (TPSA) is 47.0 Å². The summed E-state index contributed by atoms with van der Waals surface area (Å²) in [5.41, 5.74) is 0.926. The van der Waals surface area contributed by atoms with E-state index in [0.717, 1.165) is 27.5 Å². The largest absolute Gasteiger partial charge is 0.457 e. The average Bonchev–Trinajstić information content (AvgIpc) is 2.52. The van der Waals surface area contributed by atoms with Crippen molar-refractivity contribution in [3.8, 4) is 11.5 Å². The van der Waals surface area contributed by atoms with Crippen molar-refractivity contribution in [1.29, 1.82) is 0 Å². The molecule has 1 N–H and O–H groups in total. The SMILES string of the molecule is Brc1cncnc1Nc1ccc(Oc2ccccc2)cc1. The Morgan fingerprint density at radius 3 is 2.33 bits per heavy atom. The van der Waals surface area contributed by atoms with Crippen LogP contribution in [0.4, 0.5) is 11.5 Å². The van der Waals surface area contributed by atoms with Gasteiger partial charge >= 0.3 is 0 Å². The van der Waals surface area contributed by atoms with E-state index in [-0.39, 0.29) is 0 Å². The molecule has 1 heterocycles. The molecule has 104 valence electrons. The molecule has 4 nitrogen and oxygen atoms in total.